The zero-order valence-corrected chi connectivity index (χ0v) is 10.9. The van der Waals surface area contributed by atoms with E-state index in [-0.39, 0.29) is 6.04 Å². The number of aromatic nitrogens is 2. The molecule has 4 nitrogen and oxygen atoms in total. The van der Waals surface area contributed by atoms with Crippen molar-refractivity contribution in [1.82, 2.24) is 9.78 Å². The number of hydrogen-bond donors (Lipinski definition) is 1. The average molecular weight is 257 g/mol. The van der Waals surface area contributed by atoms with Crippen molar-refractivity contribution in [2.24, 2.45) is 11.7 Å². The maximum Gasteiger partial charge on any atom is 0.0649 e. The Kier molecular flexibility index (Phi) is 3.62. The van der Waals surface area contributed by atoms with Crippen LogP contribution in [0.25, 0.3) is 5.69 Å². The SMILES string of the molecule is NC(c1ccnn1-c1ccccc1)C1CCCOC1. The summed E-state index contributed by atoms with van der Waals surface area (Å²) < 4.78 is 7.47. The normalized spacial score (nSPS) is 21.2. The van der Waals surface area contributed by atoms with Gasteiger partial charge in [-0.05, 0) is 31.0 Å². The summed E-state index contributed by atoms with van der Waals surface area (Å²) >= 11 is 0. The molecule has 0 saturated carbocycles. The Hall–Kier alpha value is -1.65. The van der Waals surface area contributed by atoms with Gasteiger partial charge in [0.25, 0.3) is 0 Å². The molecule has 3 rings (SSSR count). The van der Waals surface area contributed by atoms with Crippen molar-refractivity contribution in [3.8, 4) is 5.69 Å². The summed E-state index contributed by atoms with van der Waals surface area (Å²) in [6.07, 6.45) is 4.03. The van der Waals surface area contributed by atoms with Gasteiger partial charge in [0.15, 0.2) is 0 Å². The van der Waals surface area contributed by atoms with E-state index in [1.165, 1.54) is 0 Å². The molecule has 19 heavy (non-hydrogen) atoms. The fraction of sp³-hybridized carbons (Fsp3) is 0.400. The van der Waals surface area contributed by atoms with Crippen LogP contribution in [0.2, 0.25) is 0 Å². The van der Waals surface area contributed by atoms with Gasteiger partial charge >= 0.3 is 0 Å². The molecule has 1 saturated heterocycles. The number of nitrogens with zero attached hydrogens (tertiary/aromatic N) is 2. The van der Waals surface area contributed by atoms with Crippen LogP contribution in [0.15, 0.2) is 42.6 Å². The van der Waals surface area contributed by atoms with Crippen LogP contribution in [0.1, 0.15) is 24.6 Å². The fourth-order valence-electron chi connectivity index (χ4n) is 2.64. The molecule has 2 unspecified atom stereocenters. The Morgan fingerprint density at radius 1 is 1.26 bits per heavy atom. The van der Waals surface area contributed by atoms with Gasteiger partial charge in [-0.15, -0.1) is 0 Å². The Balaban J connectivity index is 1.87. The minimum absolute atomic E-state index is 0.0250. The maximum atomic E-state index is 6.41. The first-order valence-corrected chi connectivity index (χ1v) is 6.79. The molecule has 1 aromatic heterocycles. The first-order valence-electron chi connectivity index (χ1n) is 6.79. The summed E-state index contributed by atoms with van der Waals surface area (Å²) in [5, 5.41) is 4.40. The molecule has 4 heteroatoms. The number of ether oxygens (including phenoxy) is 1. The second-order valence-corrected chi connectivity index (χ2v) is 5.01. The second kappa shape index (κ2) is 5.55. The molecule has 0 spiro atoms. The van der Waals surface area contributed by atoms with Gasteiger partial charge in [-0.3, -0.25) is 0 Å². The van der Waals surface area contributed by atoms with Gasteiger partial charge < -0.3 is 10.5 Å². The van der Waals surface area contributed by atoms with Crippen LogP contribution in [0.3, 0.4) is 0 Å². The molecule has 0 bridgehead atoms. The summed E-state index contributed by atoms with van der Waals surface area (Å²) in [5.41, 5.74) is 8.52. The molecule has 1 aliphatic heterocycles. The van der Waals surface area contributed by atoms with Crippen LogP contribution >= 0.6 is 0 Å². The molecule has 2 atom stereocenters. The van der Waals surface area contributed by atoms with Crippen LogP contribution in [-0.2, 0) is 4.74 Å². The van der Waals surface area contributed by atoms with Crippen LogP contribution in [0, 0.1) is 5.92 Å². The number of nitrogens with two attached hydrogens (primary N) is 1. The smallest absolute Gasteiger partial charge is 0.0649 e. The quantitative estimate of drug-likeness (QED) is 0.918. The average Bonchev–Trinajstić information content (AvgIpc) is 2.98. The lowest BCUT2D eigenvalue weighted by atomic mass is 9.92. The molecule has 0 amide bonds. The highest BCUT2D eigenvalue weighted by molar-refractivity contribution is 5.33. The summed E-state index contributed by atoms with van der Waals surface area (Å²) in [5.74, 6) is 0.382. The third kappa shape index (κ3) is 2.55. The Labute approximate surface area is 113 Å². The number of hydrogen-bond acceptors (Lipinski definition) is 3. The molecule has 0 radical (unpaired) electrons. The van der Waals surface area contributed by atoms with Crippen molar-refractivity contribution in [2.45, 2.75) is 18.9 Å². The molecule has 1 aliphatic rings. The highest BCUT2D eigenvalue weighted by Gasteiger charge is 2.25. The minimum atomic E-state index is -0.0250. The van der Waals surface area contributed by atoms with Gasteiger partial charge in [0.2, 0.25) is 0 Å². The van der Waals surface area contributed by atoms with Crippen LogP contribution in [0.4, 0.5) is 0 Å². The summed E-state index contributed by atoms with van der Waals surface area (Å²) in [6.45, 7) is 1.61. The van der Waals surface area contributed by atoms with Crippen molar-refractivity contribution in [2.75, 3.05) is 13.2 Å². The first kappa shape index (κ1) is 12.4. The maximum absolute atomic E-state index is 6.41. The van der Waals surface area contributed by atoms with Crippen molar-refractivity contribution >= 4 is 0 Å². The molecular weight excluding hydrogens is 238 g/mol. The number of benzene rings is 1. The lowest BCUT2D eigenvalue weighted by molar-refractivity contribution is 0.0439. The number of para-hydroxylation sites is 1. The van der Waals surface area contributed by atoms with E-state index >= 15 is 0 Å². The predicted octanol–water partition coefficient (Wildman–Crippen LogP) is 2.30. The van der Waals surface area contributed by atoms with Crippen molar-refractivity contribution < 1.29 is 4.74 Å². The van der Waals surface area contributed by atoms with E-state index in [2.05, 4.69) is 5.10 Å². The minimum Gasteiger partial charge on any atom is -0.381 e. The summed E-state index contributed by atoms with van der Waals surface area (Å²) in [6, 6.07) is 12.1. The van der Waals surface area contributed by atoms with Gasteiger partial charge in [-0.1, -0.05) is 18.2 Å². The molecule has 1 fully saturated rings. The fourth-order valence-corrected chi connectivity index (χ4v) is 2.64. The monoisotopic (exact) mass is 257 g/mol. The topological polar surface area (TPSA) is 53.1 Å². The molecule has 2 heterocycles. The van der Waals surface area contributed by atoms with Crippen LogP contribution in [-0.4, -0.2) is 23.0 Å². The Bertz CT molecular complexity index is 517. The molecule has 2 N–H and O–H groups in total. The highest BCUT2D eigenvalue weighted by atomic mass is 16.5. The zero-order valence-electron chi connectivity index (χ0n) is 10.9. The standard InChI is InChI=1S/C15H19N3O/c16-15(12-5-4-10-19-11-12)14-8-9-17-18(14)13-6-2-1-3-7-13/h1-3,6-9,12,15H,4-5,10-11,16H2. The summed E-state index contributed by atoms with van der Waals surface area (Å²) in [7, 11) is 0. The molecule has 0 aliphatic carbocycles. The molecular formula is C15H19N3O. The molecule has 100 valence electrons. The van der Waals surface area contributed by atoms with Gasteiger partial charge in [-0.2, -0.15) is 5.10 Å². The van der Waals surface area contributed by atoms with Crippen molar-refractivity contribution in [1.29, 1.82) is 0 Å². The molecule has 2 aromatic rings. The highest BCUT2D eigenvalue weighted by Crippen LogP contribution is 2.27. The van der Waals surface area contributed by atoms with Gasteiger partial charge in [0.1, 0.15) is 0 Å². The second-order valence-electron chi connectivity index (χ2n) is 5.01. The van der Waals surface area contributed by atoms with Crippen molar-refractivity contribution in [3.63, 3.8) is 0 Å². The third-order valence-electron chi connectivity index (χ3n) is 3.72. The predicted molar refractivity (Wildman–Crippen MR) is 74.0 cm³/mol. The van der Waals surface area contributed by atoms with Gasteiger partial charge in [-0.25, -0.2) is 4.68 Å². The Morgan fingerprint density at radius 3 is 2.84 bits per heavy atom. The van der Waals surface area contributed by atoms with Gasteiger partial charge in [0.05, 0.1) is 24.0 Å². The van der Waals surface area contributed by atoms with E-state index in [1.807, 2.05) is 47.3 Å². The lowest BCUT2D eigenvalue weighted by Gasteiger charge is -2.27. The number of rotatable bonds is 3. The third-order valence-corrected chi connectivity index (χ3v) is 3.72. The van der Waals surface area contributed by atoms with Crippen LogP contribution in [0.5, 0.6) is 0 Å². The van der Waals surface area contributed by atoms with Crippen molar-refractivity contribution in [3.05, 3.63) is 48.3 Å². The molecule has 1 aromatic carbocycles. The van der Waals surface area contributed by atoms with E-state index in [0.717, 1.165) is 37.4 Å². The Morgan fingerprint density at radius 2 is 2.11 bits per heavy atom. The van der Waals surface area contributed by atoms with E-state index in [1.54, 1.807) is 0 Å². The van der Waals surface area contributed by atoms with E-state index in [4.69, 9.17) is 10.5 Å². The van der Waals surface area contributed by atoms with Gasteiger partial charge in [0, 0.05) is 18.7 Å². The van der Waals surface area contributed by atoms with E-state index in [0.29, 0.717) is 5.92 Å². The largest absolute Gasteiger partial charge is 0.381 e. The lowest BCUT2D eigenvalue weighted by Crippen LogP contribution is -2.30. The summed E-state index contributed by atoms with van der Waals surface area (Å²) in [4.78, 5) is 0. The van der Waals surface area contributed by atoms with Crippen LogP contribution < -0.4 is 5.73 Å². The van der Waals surface area contributed by atoms with E-state index in [9.17, 15) is 0 Å². The van der Waals surface area contributed by atoms with E-state index < -0.39 is 0 Å². The zero-order chi connectivity index (χ0) is 13.1. The first-order chi connectivity index (χ1) is 9.36.